The van der Waals surface area contributed by atoms with Crippen molar-refractivity contribution in [1.82, 2.24) is 9.88 Å². The van der Waals surface area contributed by atoms with E-state index in [2.05, 4.69) is 63.3 Å². The van der Waals surface area contributed by atoms with Crippen molar-refractivity contribution in [2.75, 3.05) is 74.9 Å². The van der Waals surface area contributed by atoms with Gasteiger partial charge < -0.3 is 42.8 Å². The normalized spacial score (nSPS) is 13.2. The van der Waals surface area contributed by atoms with Crippen LogP contribution in [0, 0.1) is 0 Å². The highest BCUT2D eigenvalue weighted by molar-refractivity contribution is 5.72. The molecular formula is C44H51N3O8. The number of pyridine rings is 1. The lowest BCUT2D eigenvalue weighted by Crippen LogP contribution is -2.44. The lowest BCUT2D eigenvalue weighted by atomic mass is 9.99. The average molecular weight is 750 g/mol. The zero-order valence-corrected chi connectivity index (χ0v) is 33.0. The van der Waals surface area contributed by atoms with E-state index in [1.165, 1.54) is 11.1 Å². The van der Waals surface area contributed by atoms with Gasteiger partial charge in [-0.15, -0.1) is 0 Å². The first kappa shape index (κ1) is 38.9. The van der Waals surface area contributed by atoms with Crippen molar-refractivity contribution in [3.63, 3.8) is 0 Å². The molecule has 11 heteroatoms. The van der Waals surface area contributed by atoms with Gasteiger partial charge in [-0.1, -0.05) is 24.3 Å². The molecule has 0 amide bonds. The Hall–Kier alpha value is -5.81. The molecule has 1 aliphatic rings. The second-order valence-electron chi connectivity index (χ2n) is 13.3. The molecule has 2 heterocycles. The lowest BCUT2D eigenvalue weighted by molar-refractivity contribution is 0.201. The summed E-state index contributed by atoms with van der Waals surface area (Å²) in [5.74, 6) is 5.08. The Balaban J connectivity index is 1.20. The third-order valence-corrected chi connectivity index (χ3v) is 10.2. The maximum Gasteiger partial charge on any atom is 0.203 e. The number of anilines is 1. The molecule has 6 rings (SSSR count). The fourth-order valence-electron chi connectivity index (χ4n) is 7.24. The molecule has 290 valence electrons. The van der Waals surface area contributed by atoms with Gasteiger partial charge in [0.25, 0.3) is 0 Å². The highest BCUT2D eigenvalue weighted by Crippen LogP contribution is 2.42. The molecule has 1 fully saturated rings. The Morgan fingerprint density at radius 2 is 1.07 bits per heavy atom. The third kappa shape index (κ3) is 8.78. The van der Waals surface area contributed by atoms with E-state index in [1.807, 2.05) is 36.5 Å². The molecule has 0 N–H and O–H groups in total. The summed E-state index contributed by atoms with van der Waals surface area (Å²) < 4.78 is 44.8. The molecule has 1 aromatic heterocycles. The lowest BCUT2D eigenvalue weighted by Gasteiger charge is -2.40. The molecule has 11 nitrogen and oxygen atoms in total. The molecule has 0 saturated carbocycles. The molecule has 0 atom stereocenters. The number of piperidine rings is 1. The van der Waals surface area contributed by atoms with Gasteiger partial charge in [0.1, 0.15) is 11.5 Å². The van der Waals surface area contributed by atoms with Gasteiger partial charge in [0.05, 0.1) is 62.6 Å². The first-order valence-corrected chi connectivity index (χ1v) is 18.2. The maximum atomic E-state index is 5.70. The highest BCUT2D eigenvalue weighted by Gasteiger charge is 2.27. The summed E-state index contributed by atoms with van der Waals surface area (Å²) in [5.41, 5.74) is 7.22. The minimum absolute atomic E-state index is 0.301. The molecule has 0 aliphatic carbocycles. The van der Waals surface area contributed by atoms with Crippen LogP contribution in [0.4, 0.5) is 5.69 Å². The van der Waals surface area contributed by atoms with Gasteiger partial charge in [0.15, 0.2) is 23.0 Å². The number of hydrogen-bond acceptors (Lipinski definition) is 11. The molecule has 0 radical (unpaired) electrons. The number of aromatic nitrogens is 1. The Bertz CT molecular complexity index is 1970. The number of hydrogen-bond donors (Lipinski definition) is 0. The summed E-state index contributed by atoms with van der Waals surface area (Å²) in [6.45, 7) is 3.44. The van der Waals surface area contributed by atoms with Crippen LogP contribution in [0.15, 0.2) is 85.1 Å². The Morgan fingerprint density at radius 1 is 0.545 bits per heavy atom. The molecule has 1 saturated heterocycles. The van der Waals surface area contributed by atoms with E-state index in [1.54, 1.807) is 56.9 Å². The van der Waals surface area contributed by atoms with E-state index in [9.17, 15) is 0 Å². The number of benzene rings is 4. The number of methoxy groups -OCH3 is 8. The third-order valence-electron chi connectivity index (χ3n) is 10.2. The van der Waals surface area contributed by atoms with Gasteiger partial charge in [-0.05, 0) is 71.5 Å². The fourth-order valence-corrected chi connectivity index (χ4v) is 7.24. The SMILES string of the molecule is COc1cc(OC)cc(N(Cc2ccc(-c3cc(OC)c(OC)c(OC)c3)cc2)C2CCN(Cc3ccnc(-c4cc(OC)c(OC)c(OC)c4)c3)CC2)c1. The van der Waals surface area contributed by atoms with Crippen molar-refractivity contribution in [1.29, 1.82) is 0 Å². The Labute approximate surface area is 324 Å². The summed E-state index contributed by atoms with van der Waals surface area (Å²) in [6, 6.07) is 27.1. The number of nitrogens with zero attached hydrogens (tertiary/aromatic N) is 3. The Morgan fingerprint density at radius 3 is 1.56 bits per heavy atom. The van der Waals surface area contributed by atoms with Crippen LogP contribution in [0.2, 0.25) is 0 Å². The number of likely N-dealkylation sites (tertiary alicyclic amines) is 1. The number of ether oxygens (including phenoxy) is 8. The van der Waals surface area contributed by atoms with Gasteiger partial charge in [-0.2, -0.15) is 0 Å². The minimum atomic E-state index is 0.301. The molecule has 1 aliphatic heterocycles. The summed E-state index contributed by atoms with van der Waals surface area (Å²) >= 11 is 0. The monoisotopic (exact) mass is 749 g/mol. The second-order valence-corrected chi connectivity index (χ2v) is 13.3. The zero-order valence-electron chi connectivity index (χ0n) is 33.0. The second kappa shape index (κ2) is 18.0. The van der Waals surface area contributed by atoms with Crippen LogP contribution in [0.25, 0.3) is 22.4 Å². The smallest absolute Gasteiger partial charge is 0.203 e. The van der Waals surface area contributed by atoms with Crippen LogP contribution in [-0.4, -0.2) is 85.9 Å². The van der Waals surface area contributed by atoms with Crippen molar-refractivity contribution in [2.24, 2.45) is 0 Å². The van der Waals surface area contributed by atoms with Gasteiger partial charge in [-0.25, -0.2) is 0 Å². The topological polar surface area (TPSA) is 93.2 Å². The van der Waals surface area contributed by atoms with E-state index >= 15 is 0 Å². The predicted octanol–water partition coefficient (Wildman–Crippen LogP) is 8.16. The van der Waals surface area contributed by atoms with E-state index < -0.39 is 0 Å². The van der Waals surface area contributed by atoms with Crippen LogP contribution >= 0.6 is 0 Å². The quantitative estimate of drug-likeness (QED) is 0.0979. The molecule has 55 heavy (non-hydrogen) atoms. The van der Waals surface area contributed by atoms with Gasteiger partial charge in [0, 0.05) is 67.9 Å². The first-order valence-electron chi connectivity index (χ1n) is 18.2. The molecule has 0 spiro atoms. The maximum absolute atomic E-state index is 5.70. The van der Waals surface area contributed by atoms with Crippen LogP contribution in [0.1, 0.15) is 24.0 Å². The van der Waals surface area contributed by atoms with E-state index in [-0.39, 0.29) is 0 Å². The van der Waals surface area contributed by atoms with Crippen molar-refractivity contribution < 1.29 is 37.9 Å². The van der Waals surface area contributed by atoms with Crippen molar-refractivity contribution >= 4 is 5.69 Å². The van der Waals surface area contributed by atoms with E-state index in [4.69, 9.17) is 37.9 Å². The summed E-state index contributed by atoms with van der Waals surface area (Å²) in [6.07, 6.45) is 3.85. The van der Waals surface area contributed by atoms with Crippen molar-refractivity contribution in [3.8, 4) is 68.4 Å². The van der Waals surface area contributed by atoms with E-state index in [0.29, 0.717) is 40.5 Å². The van der Waals surface area contributed by atoms with Crippen LogP contribution < -0.4 is 42.8 Å². The highest BCUT2D eigenvalue weighted by atomic mass is 16.5. The van der Waals surface area contributed by atoms with Crippen LogP contribution in [0.3, 0.4) is 0 Å². The first-order chi connectivity index (χ1) is 26.8. The van der Waals surface area contributed by atoms with Gasteiger partial charge in [0.2, 0.25) is 11.5 Å². The summed E-state index contributed by atoms with van der Waals surface area (Å²) in [5, 5.41) is 0. The molecule has 4 aromatic carbocycles. The molecule has 0 bridgehead atoms. The predicted molar refractivity (Wildman–Crippen MR) is 215 cm³/mol. The summed E-state index contributed by atoms with van der Waals surface area (Å²) in [7, 11) is 13.1. The standard InChI is InChI=1S/C44H51N3O8/c1-48-36-24-35(25-37(26-36)49-2)47(28-29-9-11-31(12-10-29)32-20-39(50-3)43(54-7)40(21-32)51-4)34-14-17-46(18-15-34)27-30-13-16-45-38(19-30)33-22-41(52-5)44(55-8)42(23-33)53-6/h9-13,16,19-26,34H,14-15,17-18,27-28H2,1-8H3. The summed E-state index contributed by atoms with van der Waals surface area (Å²) in [4.78, 5) is 9.68. The van der Waals surface area contributed by atoms with Crippen molar-refractivity contribution in [2.45, 2.75) is 32.0 Å². The zero-order chi connectivity index (χ0) is 38.9. The number of rotatable bonds is 16. The van der Waals surface area contributed by atoms with E-state index in [0.717, 1.165) is 78.6 Å². The average Bonchev–Trinajstić information content (AvgIpc) is 3.24. The Kier molecular flexibility index (Phi) is 12.7. The van der Waals surface area contributed by atoms with Crippen LogP contribution in [-0.2, 0) is 13.1 Å². The minimum Gasteiger partial charge on any atom is -0.497 e. The molecular weight excluding hydrogens is 698 g/mol. The molecule has 0 unspecified atom stereocenters. The van der Waals surface area contributed by atoms with Crippen LogP contribution in [0.5, 0.6) is 46.0 Å². The van der Waals surface area contributed by atoms with Gasteiger partial charge in [-0.3, -0.25) is 9.88 Å². The largest absolute Gasteiger partial charge is 0.497 e. The van der Waals surface area contributed by atoms with Crippen molar-refractivity contribution in [3.05, 3.63) is 96.2 Å². The fraction of sp³-hybridized carbons (Fsp3) is 0.341. The molecule has 5 aromatic rings. The van der Waals surface area contributed by atoms with Gasteiger partial charge >= 0.3 is 0 Å².